The van der Waals surface area contributed by atoms with E-state index in [2.05, 4.69) is 26.1 Å². The van der Waals surface area contributed by atoms with E-state index in [4.69, 9.17) is 0 Å². The van der Waals surface area contributed by atoms with Crippen molar-refractivity contribution in [1.82, 2.24) is 5.32 Å². The third-order valence-corrected chi connectivity index (χ3v) is 3.70. The minimum absolute atomic E-state index is 0.0752. The van der Waals surface area contributed by atoms with E-state index in [1.54, 1.807) is 6.07 Å². The summed E-state index contributed by atoms with van der Waals surface area (Å²) >= 11 is 0. The Labute approximate surface area is 117 Å². The summed E-state index contributed by atoms with van der Waals surface area (Å²) in [5.74, 6) is 0.444. The quantitative estimate of drug-likeness (QED) is 0.697. The third-order valence-electron chi connectivity index (χ3n) is 3.70. The van der Waals surface area contributed by atoms with Gasteiger partial charge >= 0.3 is 0 Å². The van der Waals surface area contributed by atoms with Crippen molar-refractivity contribution >= 4 is 0 Å². The molecule has 1 aromatic rings. The van der Waals surface area contributed by atoms with E-state index in [0.717, 1.165) is 43.4 Å². The molecular weight excluding hydrogens is 237 g/mol. The molecule has 108 valence electrons. The van der Waals surface area contributed by atoms with Crippen LogP contribution in [0, 0.1) is 18.7 Å². The zero-order valence-electron chi connectivity index (χ0n) is 12.8. The summed E-state index contributed by atoms with van der Waals surface area (Å²) in [5.41, 5.74) is 1.97. The zero-order valence-corrected chi connectivity index (χ0v) is 12.8. The molecule has 0 radical (unpaired) electrons. The molecule has 1 aromatic carbocycles. The van der Waals surface area contributed by atoms with Gasteiger partial charge in [0.05, 0.1) is 0 Å². The summed E-state index contributed by atoms with van der Waals surface area (Å²) in [4.78, 5) is 0. The maximum absolute atomic E-state index is 14.1. The summed E-state index contributed by atoms with van der Waals surface area (Å²) in [5, 5.41) is 3.50. The average molecular weight is 265 g/mol. The first-order valence-electron chi connectivity index (χ1n) is 7.63. The summed E-state index contributed by atoms with van der Waals surface area (Å²) in [6.45, 7) is 9.41. The second-order valence-electron chi connectivity index (χ2n) is 5.40. The van der Waals surface area contributed by atoms with Gasteiger partial charge in [0.25, 0.3) is 0 Å². The molecule has 0 saturated heterocycles. The number of hydrogen-bond donors (Lipinski definition) is 1. The van der Waals surface area contributed by atoms with E-state index in [0.29, 0.717) is 5.92 Å². The lowest BCUT2D eigenvalue weighted by Crippen LogP contribution is -2.29. The van der Waals surface area contributed by atoms with E-state index in [-0.39, 0.29) is 11.9 Å². The molecule has 1 rings (SSSR count). The average Bonchev–Trinajstić information content (AvgIpc) is 2.39. The van der Waals surface area contributed by atoms with Crippen molar-refractivity contribution in [3.63, 3.8) is 0 Å². The van der Waals surface area contributed by atoms with Gasteiger partial charge in [0.2, 0.25) is 0 Å². The van der Waals surface area contributed by atoms with Crippen LogP contribution in [0.4, 0.5) is 4.39 Å². The number of aryl methyl sites for hydroxylation is 1. The Hall–Kier alpha value is -0.890. The molecule has 1 atom stereocenters. The lowest BCUT2D eigenvalue weighted by molar-refractivity contribution is 0.313. The van der Waals surface area contributed by atoms with Crippen LogP contribution in [-0.2, 0) is 0 Å². The number of halogens is 1. The summed E-state index contributed by atoms with van der Waals surface area (Å²) < 4.78 is 14.1. The van der Waals surface area contributed by atoms with Crippen molar-refractivity contribution < 1.29 is 4.39 Å². The summed E-state index contributed by atoms with van der Waals surface area (Å²) in [6, 6.07) is 5.59. The van der Waals surface area contributed by atoms with Crippen molar-refractivity contribution in [1.29, 1.82) is 0 Å². The molecule has 0 aliphatic rings. The number of rotatable bonds is 8. The zero-order chi connectivity index (χ0) is 14.3. The fourth-order valence-electron chi connectivity index (χ4n) is 2.87. The first-order chi connectivity index (χ1) is 9.13. The van der Waals surface area contributed by atoms with E-state index < -0.39 is 0 Å². The predicted octanol–water partition coefficient (Wildman–Crippen LogP) is 5.00. The van der Waals surface area contributed by atoms with Crippen molar-refractivity contribution in [3.8, 4) is 0 Å². The first kappa shape index (κ1) is 16.2. The highest BCUT2D eigenvalue weighted by atomic mass is 19.1. The van der Waals surface area contributed by atoms with Crippen molar-refractivity contribution in [2.75, 3.05) is 6.54 Å². The van der Waals surface area contributed by atoms with Gasteiger partial charge in [-0.1, -0.05) is 51.3 Å². The fourth-order valence-corrected chi connectivity index (χ4v) is 2.87. The molecule has 0 amide bonds. The van der Waals surface area contributed by atoms with E-state index >= 15 is 0 Å². The SMILES string of the molecule is CCCC(CCC)C(NCC)c1cc(C)ccc1F. The highest BCUT2D eigenvalue weighted by Crippen LogP contribution is 2.31. The fraction of sp³-hybridized carbons (Fsp3) is 0.647. The molecule has 0 aromatic heterocycles. The Morgan fingerprint density at radius 3 is 2.26 bits per heavy atom. The minimum Gasteiger partial charge on any atom is -0.310 e. The number of nitrogens with one attached hydrogen (secondary N) is 1. The van der Waals surface area contributed by atoms with Gasteiger partial charge in [-0.2, -0.15) is 0 Å². The molecule has 19 heavy (non-hydrogen) atoms. The predicted molar refractivity (Wildman–Crippen MR) is 80.9 cm³/mol. The van der Waals surface area contributed by atoms with Crippen LogP contribution in [0.5, 0.6) is 0 Å². The van der Waals surface area contributed by atoms with Crippen LogP contribution in [0.2, 0.25) is 0 Å². The largest absolute Gasteiger partial charge is 0.310 e. The van der Waals surface area contributed by atoms with Gasteiger partial charge < -0.3 is 5.32 Å². The number of hydrogen-bond acceptors (Lipinski definition) is 1. The van der Waals surface area contributed by atoms with Crippen LogP contribution < -0.4 is 5.32 Å². The molecule has 0 aliphatic heterocycles. The van der Waals surface area contributed by atoms with Crippen LogP contribution in [0.15, 0.2) is 18.2 Å². The van der Waals surface area contributed by atoms with E-state index in [1.807, 2.05) is 19.1 Å². The topological polar surface area (TPSA) is 12.0 Å². The molecule has 0 bridgehead atoms. The minimum atomic E-state index is -0.0752. The molecule has 0 saturated carbocycles. The van der Waals surface area contributed by atoms with Crippen molar-refractivity contribution in [3.05, 3.63) is 35.1 Å². The van der Waals surface area contributed by atoms with Gasteiger partial charge in [0.15, 0.2) is 0 Å². The van der Waals surface area contributed by atoms with Crippen LogP contribution in [0.25, 0.3) is 0 Å². The van der Waals surface area contributed by atoms with Crippen LogP contribution >= 0.6 is 0 Å². The smallest absolute Gasteiger partial charge is 0.128 e. The van der Waals surface area contributed by atoms with Crippen LogP contribution in [-0.4, -0.2) is 6.54 Å². The van der Waals surface area contributed by atoms with Gasteiger partial charge in [0.1, 0.15) is 5.82 Å². The molecule has 1 unspecified atom stereocenters. The van der Waals surface area contributed by atoms with Crippen LogP contribution in [0.3, 0.4) is 0 Å². The Balaban J connectivity index is 3.05. The number of benzene rings is 1. The standard InChI is InChI=1S/C17H28FN/c1-5-8-14(9-6-2)17(19-7-3)15-12-13(4)10-11-16(15)18/h10-12,14,17,19H,5-9H2,1-4H3. The van der Waals surface area contributed by atoms with E-state index in [9.17, 15) is 4.39 Å². The first-order valence-corrected chi connectivity index (χ1v) is 7.63. The van der Waals surface area contributed by atoms with Gasteiger partial charge in [-0.25, -0.2) is 4.39 Å². The maximum Gasteiger partial charge on any atom is 0.128 e. The molecule has 2 heteroatoms. The molecule has 1 N–H and O–H groups in total. The van der Waals surface area contributed by atoms with Crippen molar-refractivity contribution in [2.24, 2.45) is 5.92 Å². The van der Waals surface area contributed by atoms with Crippen molar-refractivity contribution in [2.45, 2.75) is 59.4 Å². The van der Waals surface area contributed by atoms with E-state index in [1.165, 1.54) is 0 Å². The molecule has 0 heterocycles. The second kappa shape index (κ2) is 8.31. The Kier molecular flexibility index (Phi) is 7.07. The summed E-state index contributed by atoms with van der Waals surface area (Å²) in [7, 11) is 0. The Morgan fingerprint density at radius 2 is 1.74 bits per heavy atom. The highest BCUT2D eigenvalue weighted by Gasteiger charge is 2.23. The lowest BCUT2D eigenvalue weighted by atomic mass is 9.85. The highest BCUT2D eigenvalue weighted by molar-refractivity contribution is 5.27. The van der Waals surface area contributed by atoms with Gasteiger partial charge in [-0.15, -0.1) is 0 Å². The molecule has 0 fully saturated rings. The molecular formula is C17H28FN. The second-order valence-corrected chi connectivity index (χ2v) is 5.40. The van der Waals surface area contributed by atoms with Gasteiger partial charge in [0, 0.05) is 11.6 Å². The maximum atomic E-state index is 14.1. The lowest BCUT2D eigenvalue weighted by Gasteiger charge is -2.28. The Morgan fingerprint density at radius 1 is 1.11 bits per heavy atom. The normalized spacial score (nSPS) is 12.9. The molecule has 0 spiro atoms. The monoisotopic (exact) mass is 265 g/mol. The third kappa shape index (κ3) is 4.61. The Bertz CT molecular complexity index is 370. The van der Waals surface area contributed by atoms with Gasteiger partial charge in [-0.05, 0) is 38.3 Å². The molecule has 1 nitrogen and oxygen atoms in total. The van der Waals surface area contributed by atoms with Gasteiger partial charge in [-0.3, -0.25) is 0 Å². The molecule has 0 aliphatic carbocycles. The van der Waals surface area contributed by atoms with Crippen LogP contribution in [0.1, 0.15) is 63.6 Å². The summed E-state index contributed by atoms with van der Waals surface area (Å²) in [6.07, 6.45) is 4.61.